The number of nitrogens with zero attached hydrogens (tertiary/aromatic N) is 2. The Hall–Kier alpha value is -8.76. The average Bonchev–Trinajstić information content (AvgIpc) is 0.720. The van der Waals surface area contributed by atoms with Gasteiger partial charge in [0.15, 0.2) is 0 Å². The summed E-state index contributed by atoms with van der Waals surface area (Å²) < 4.78 is 14.9. The van der Waals surface area contributed by atoms with Crippen molar-refractivity contribution in [2.24, 2.45) is 9.98 Å². The molecule has 10 heteroatoms. The molecule has 0 amide bonds. The molecule has 0 saturated heterocycles. The third-order valence-corrected chi connectivity index (χ3v) is 20.8. The molecule has 0 unspecified atom stereocenters. The largest absolute Gasteiger partial charge is 0.507 e. The van der Waals surface area contributed by atoms with Gasteiger partial charge < -0.3 is 29.9 Å². The van der Waals surface area contributed by atoms with Gasteiger partial charge in [-0.15, -0.1) is 0 Å². The zero-order chi connectivity index (χ0) is 71.7. The number of benzene rings is 8. The lowest BCUT2D eigenvalue weighted by molar-refractivity contribution is 0.0686. The number of phenols is 2. The van der Waals surface area contributed by atoms with E-state index < -0.39 is 33.6 Å². The standard InChI is InChI=1S/C88H102N2O8/c1-81(2,3)57-39-61(49-27-31-51(32-28-49)79(93)94)75-67(43-57)87(19,20)69-45-59(83(7,8)9)41-63(77(69)97-75)53-35-55(73(91)65(37-53)85(13,14)15)47-89-71-25-23-24-26-72(71)90-48-56-36-54(38-66(74(56)92)86(16,17)18)64-42-60(84(10,11)12)46-70-78(64)98-76-62(50-29-33-52(34-30-50)80(95)96)40-58(82(4,5)6)44-68(76)88(70,21)22/h27-48,71-72,91-92H,23-26H2,1-22H3,(H,93,94)(H,95,96)/t71-,72-/m0/s1. The zero-order valence-corrected chi connectivity index (χ0v) is 62.0. The zero-order valence-electron chi connectivity index (χ0n) is 62.0. The summed E-state index contributed by atoms with van der Waals surface area (Å²) in [6, 6.07) is 40.0. The van der Waals surface area contributed by atoms with E-state index in [1.807, 2.05) is 48.8 Å². The van der Waals surface area contributed by atoms with Gasteiger partial charge in [-0.25, -0.2) is 9.59 Å². The Kier molecular flexibility index (Phi) is 17.7. The fraction of sp³-hybridized carbons (Fsp3) is 0.409. The Morgan fingerprint density at radius 2 is 0.653 bits per heavy atom. The molecule has 10 nitrogen and oxygen atoms in total. The van der Waals surface area contributed by atoms with E-state index in [1.165, 1.54) is 0 Å². The predicted octanol–water partition coefficient (Wildman–Crippen LogP) is 22.7. The van der Waals surface area contributed by atoms with Crippen molar-refractivity contribution in [3.05, 3.63) is 199 Å². The number of carbonyl (C=O) groups is 2. The van der Waals surface area contributed by atoms with Crippen LogP contribution in [0.25, 0.3) is 44.5 Å². The summed E-state index contributed by atoms with van der Waals surface area (Å²) in [5.41, 5.74) is 16.0. The number of hydrogen-bond donors (Lipinski definition) is 4. The summed E-state index contributed by atoms with van der Waals surface area (Å²) in [5, 5.41) is 44.9. The number of phenolic OH excluding ortho intramolecular Hbond substituents is 2. The van der Waals surface area contributed by atoms with Crippen LogP contribution in [0.2, 0.25) is 0 Å². The maximum absolute atomic E-state index is 12.5. The van der Waals surface area contributed by atoms with E-state index in [0.717, 1.165) is 149 Å². The third kappa shape index (κ3) is 13.4. The van der Waals surface area contributed by atoms with Crippen LogP contribution in [0.5, 0.6) is 34.5 Å². The second-order valence-electron chi connectivity index (χ2n) is 35.2. The number of hydrogen-bond acceptors (Lipinski definition) is 8. The molecule has 4 N–H and O–H groups in total. The Bertz CT molecular complexity index is 4280. The van der Waals surface area contributed by atoms with E-state index in [-0.39, 0.29) is 56.4 Å². The first-order valence-corrected chi connectivity index (χ1v) is 35.0. The molecule has 2 heterocycles. The highest BCUT2D eigenvalue weighted by Gasteiger charge is 2.43. The van der Waals surface area contributed by atoms with Gasteiger partial charge in [-0.3, -0.25) is 9.98 Å². The van der Waals surface area contributed by atoms with Crippen molar-refractivity contribution in [1.29, 1.82) is 0 Å². The molecule has 2 aliphatic heterocycles. The minimum Gasteiger partial charge on any atom is -0.507 e. The average molecular weight is 1320 g/mol. The van der Waals surface area contributed by atoms with Gasteiger partial charge in [-0.1, -0.05) is 214 Å². The van der Waals surface area contributed by atoms with Crippen molar-refractivity contribution in [3.63, 3.8) is 0 Å². The first-order chi connectivity index (χ1) is 45.3. The Labute approximate surface area is 582 Å². The van der Waals surface area contributed by atoms with Gasteiger partial charge in [0.25, 0.3) is 0 Å². The Morgan fingerprint density at radius 1 is 0.388 bits per heavy atom. The van der Waals surface area contributed by atoms with Crippen LogP contribution < -0.4 is 9.47 Å². The normalized spacial score (nSPS) is 17.0. The van der Waals surface area contributed by atoms with Crippen LogP contribution in [-0.2, 0) is 43.3 Å². The number of fused-ring (bicyclic) bond motifs is 4. The molecule has 512 valence electrons. The van der Waals surface area contributed by atoms with Crippen molar-refractivity contribution < 1.29 is 39.5 Å². The second kappa shape index (κ2) is 24.6. The van der Waals surface area contributed by atoms with Crippen molar-refractivity contribution in [2.75, 3.05) is 0 Å². The maximum atomic E-state index is 12.5. The monoisotopic (exact) mass is 1310 g/mol. The van der Waals surface area contributed by atoms with E-state index in [4.69, 9.17) is 19.5 Å². The van der Waals surface area contributed by atoms with Crippen LogP contribution in [-0.4, -0.2) is 56.9 Å². The fourth-order valence-electron chi connectivity index (χ4n) is 14.2. The van der Waals surface area contributed by atoms with Gasteiger partial charge in [0.1, 0.15) is 34.5 Å². The van der Waals surface area contributed by atoms with Crippen LogP contribution in [0.3, 0.4) is 0 Å². The quantitative estimate of drug-likeness (QED) is 0.0986. The topological polar surface area (TPSA) is 158 Å². The highest BCUT2D eigenvalue weighted by atomic mass is 16.5. The third-order valence-electron chi connectivity index (χ3n) is 20.8. The number of aromatic carboxylic acids is 2. The van der Waals surface area contributed by atoms with E-state index in [2.05, 4.69) is 213 Å². The van der Waals surface area contributed by atoms with Crippen molar-refractivity contribution in [2.45, 2.75) is 233 Å². The summed E-state index contributed by atoms with van der Waals surface area (Å²) in [6.45, 7) is 48.5. The van der Waals surface area contributed by atoms with Gasteiger partial charge in [0, 0.05) is 90.0 Å². The SMILES string of the molecule is CC(C)(C)c1cc(-c2ccc(C(=O)O)cc2)c2c(c1)C(C)(C)c1cc(C(C)(C)C)cc(-c3cc(C=N[C@H]4CCCC[C@@H]4N=Cc4cc(-c5cc(C(C)(C)C)cc6c5Oc5c(-c7ccc(C(=O)O)cc7)cc(C(C)(C)C)cc5C6(C)C)cc(C(C)(C)C)c4O)c(O)c(C(C)(C)C)c3)c1O2. The van der Waals surface area contributed by atoms with Crippen LogP contribution >= 0.6 is 0 Å². The van der Waals surface area contributed by atoms with Crippen LogP contribution in [0, 0.1) is 0 Å². The molecule has 1 aliphatic carbocycles. The molecule has 1 fully saturated rings. The molecule has 0 bridgehead atoms. The first kappa shape index (κ1) is 70.6. The fourth-order valence-corrected chi connectivity index (χ4v) is 14.2. The minimum absolute atomic E-state index is 0.167. The summed E-state index contributed by atoms with van der Waals surface area (Å²) >= 11 is 0. The van der Waals surface area contributed by atoms with E-state index >= 15 is 0 Å². The van der Waals surface area contributed by atoms with E-state index in [0.29, 0.717) is 11.1 Å². The smallest absolute Gasteiger partial charge is 0.335 e. The van der Waals surface area contributed by atoms with Crippen LogP contribution in [0.4, 0.5) is 0 Å². The molecule has 0 radical (unpaired) electrons. The molecule has 1 saturated carbocycles. The number of ether oxygens (including phenoxy) is 2. The summed E-state index contributed by atoms with van der Waals surface area (Å²) in [4.78, 5) is 35.0. The van der Waals surface area contributed by atoms with Crippen molar-refractivity contribution >= 4 is 24.4 Å². The predicted molar refractivity (Wildman–Crippen MR) is 403 cm³/mol. The summed E-state index contributed by atoms with van der Waals surface area (Å²) in [7, 11) is 0. The number of carboxylic acids is 2. The Balaban J connectivity index is 1.01. The summed E-state index contributed by atoms with van der Waals surface area (Å²) in [6.07, 6.45) is 7.20. The van der Waals surface area contributed by atoms with Crippen molar-refractivity contribution in [3.8, 4) is 79.0 Å². The van der Waals surface area contributed by atoms with Gasteiger partial charge in [-0.2, -0.15) is 0 Å². The number of aromatic hydroxyl groups is 2. The summed E-state index contributed by atoms with van der Waals surface area (Å²) in [5.74, 6) is 1.28. The lowest BCUT2D eigenvalue weighted by Crippen LogP contribution is -2.28. The number of carboxylic acid groups (broad SMARTS) is 2. The molecule has 0 aromatic heterocycles. The molecule has 8 aromatic carbocycles. The molecular formula is C88H102N2O8. The van der Waals surface area contributed by atoms with Gasteiger partial charge >= 0.3 is 11.9 Å². The van der Waals surface area contributed by atoms with Gasteiger partial charge in [0.2, 0.25) is 0 Å². The highest BCUT2D eigenvalue weighted by molar-refractivity contribution is 5.93. The van der Waals surface area contributed by atoms with E-state index in [1.54, 1.807) is 24.3 Å². The molecular weight excluding hydrogens is 1210 g/mol. The van der Waals surface area contributed by atoms with Gasteiger partial charge in [-0.05, 0) is 163 Å². The van der Waals surface area contributed by atoms with Crippen molar-refractivity contribution in [1.82, 2.24) is 0 Å². The first-order valence-electron chi connectivity index (χ1n) is 35.0. The van der Waals surface area contributed by atoms with Crippen LogP contribution in [0.15, 0.2) is 131 Å². The number of rotatable bonds is 10. The van der Waals surface area contributed by atoms with E-state index in [9.17, 15) is 30.0 Å². The molecule has 0 spiro atoms. The Morgan fingerprint density at radius 3 is 0.898 bits per heavy atom. The maximum Gasteiger partial charge on any atom is 0.335 e. The molecule has 98 heavy (non-hydrogen) atoms. The minimum atomic E-state index is -0.982. The van der Waals surface area contributed by atoms with Gasteiger partial charge in [0.05, 0.1) is 23.2 Å². The highest BCUT2D eigenvalue weighted by Crippen LogP contribution is 2.59. The second-order valence-corrected chi connectivity index (χ2v) is 35.2. The lowest BCUT2D eigenvalue weighted by atomic mass is 9.70. The molecule has 11 rings (SSSR count). The lowest BCUT2D eigenvalue weighted by Gasteiger charge is -2.39. The number of aliphatic imine (C=N–C) groups is 2. The molecule has 8 aromatic rings. The molecule has 2 atom stereocenters. The molecule has 3 aliphatic rings. The van der Waals surface area contributed by atoms with Crippen LogP contribution in [0.1, 0.15) is 265 Å².